The second-order valence-corrected chi connectivity index (χ2v) is 6.49. The minimum atomic E-state index is 0.714. The molecule has 0 amide bonds. The number of para-hydroxylation sites is 1. The molecule has 1 rings (SSSR count). The van der Waals surface area contributed by atoms with Crippen LogP contribution >= 0.6 is 0 Å². The summed E-state index contributed by atoms with van der Waals surface area (Å²) < 4.78 is 5.89. The van der Waals surface area contributed by atoms with E-state index in [-0.39, 0.29) is 0 Å². The third kappa shape index (κ3) is 7.33. The monoisotopic (exact) mass is 289 g/mol. The highest BCUT2D eigenvalue weighted by Crippen LogP contribution is 2.18. The van der Waals surface area contributed by atoms with Crippen molar-refractivity contribution in [2.75, 3.05) is 26.2 Å². The van der Waals surface area contributed by atoms with E-state index in [0.29, 0.717) is 11.8 Å². The van der Waals surface area contributed by atoms with Gasteiger partial charge in [-0.2, -0.15) is 0 Å². The Bertz CT molecular complexity index is 402. The fourth-order valence-corrected chi connectivity index (χ4v) is 2.54. The first-order valence-corrected chi connectivity index (χ1v) is 8.09. The lowest BCUT2D eigenvalue weighted by molar-refractivity contribution is 0.198. The van der Waals surface area contributed by atoms with Gasteiger partial charge in [-0.1, -0.05) is 58.5 Å². The van der Waals surface area contributed by atoms with Gasteiger partial charge in [0.05, 0.1) is 6.61 Å². The van der Waals surface area contributed by atoms with Gasteiger partial charge in [0, 0.05) is 25.2 Å². The van der Waals surface area contributed by atoms with Gasteiger partial charge >= 0.3 is 0 Å². The Balaban J connectivity index is 2.38. The average Bonchev–Trinajstić information content (AvgIpc) is 2.42. The van der Waals surface area contributed by atoms with Gasteiger partial charge in [0.15, 0.2) is 0 Å². The molecule has 0 bridgehead atoms. The van der Waals surface area contributed by atoms with Crippen LogP contribution in [0.5, 0.6) is 5.75 Å². The van der Waals surface area contributed by atoms with E-state index < -0.39 is 0 Å². The number of nitrogens with zero attached hydrogens (tertiary/aromatic N) is 1. The molecule has 2 heteroatoms. The first kappa shape index (κ1) is 17.8. The van der Waals surface area contributed by atoms with Crippen molar-refractivity contribution in [2.45, 2.75) is 34.1 Å². The quantitative estimate of drug-likeness (QED) is 0.578. The standard InChI is InChI=1S/C19H31NO/c1-6-18-10-7-8-11-19(18)21-13-9-12-20(14-16(2)3)15-17(4)5/h6-8,10-11,16-17H,1,9,12-15H2,2-5H3. The number of hydrogen-bond donors (Lipinski definition) is 0. The third-order valence-electron chi connectivity index (χ3n) is 3.26. The largest absolute Gasteiger partial charge is 0.493 e. The van der Waals surface area contributed by atoms with Crippen LogP contribution in [0.3, 0.4) is 0 Å². The van der Waals surface area contributed by atoms with E-state index in [4.69, 9.17) is 4.74 Å². The predicted molar refractivity (Wildman–Crippen MR) is 92.8 cm³/mol. The number of hydrogen-bond acceptors (Lipinski definition) is 2. The molecule has 0 aromatic heterocycles. The minimum absolute atomic E-state index is 0.714. The molecule has 0 spiro atoms. The topological polar surface area (TPSA) is 12.5 Å². The van der Waals surface area contributed by atoms with Crippen molar-refractivity contribution < 1.29 is 4.74 Å². The molecule has 1 aromatic carbocycles. The molecule has 0 unspecified atom stereocenters. The Hall–Kier alpha value is -1.28. The van der Waals surface area contributed by atoms with Crippen molar-refractivity contribution in [2.24, 2.45) is 11.8 Å². The third-order valence-corrected chi connectivity index (χ3v) is 3.26. The van der Waals surface area contributed by atoms with Gasteiger partial charge in [-0.25, -0.2) is 0 Å². The molecule has 0 fully saturated rings. The summed E-state index contributed by atoms with van der Waals surface area (Å²) in [6.07, 6.45) is 2.91. The van der Waals surface area contributed by atoms with Crippen LogP contribution in [0.2, 0.25) is 0 Å². The molecule has 0 atom stereocenters. The average molecular weight is 289 g/mol. The summed E-state index contributed by atoms with van der Waals surface area (Å²) in [5.74, 6) is 2.36. The predicted octanol–water partition coefficient (Wildman–Crippen LogP) is 4.71. The first-order valence-electron chi connectivity index (χ1n) is 8.09. The summed E-state index contributed by atoms with van der Waals surface area (Å²) in [5, 5.41) is 0. The number of ether oxygens (including phenoxy) is 1. The van der Waals surface area contributed by atoms with Gasteiger partial charge in [-0.15, -0.1) is 0 Å². The lowest BCUT2D eigenvalue weighted by Gasteiger charge is -2.26. The minimum Gasteiger partial charge on any atom is -0.493 e. The molecular formula is C19H31NO. The highest BCUT2D eigenvalue weighted by molar-refractivity contribution is 5.55. The van der Waals surface area contributed by atoms with Crippen molar-refractivity contribution >= 4 is 6.08 Å². The zero-order chi connectivity index (χ0) is 15.7. The van der Waals surface area contributed by atoms with Gasteiger partial charge in [0.1, 0.15) is 5.75 Å². The van der Waals surface area contributed by atoms with E-state index >= 15 is 0 Å². The summed E-state index contributed by atoms with van der Waals surface area (Å²) in [4.78, 5) is 2.55. The Morgan fingerprint density at radius 3 is 2.29 bits per heavy atom. The maximum Gasteiger partial charge on any atom is 0.126 e. The van der Waals surface area contributed by atoms with Gasteiger partial charge in [-0.3, -0.25) is 0 Å². The zero-order valence-electron chi connectivity index (χ0n) is 14.1. The van der Waals surface area contributed by atoms with Crippen molar-refractivity contribution in [1.29, 1.82) is 0 Å². The molecule has 0 aliphatic heterocycles. The van der Waals surface area contributed by atoms with E-state index in [2.05, 4.69) is 39.2 Å². The zero-order valence-corrected chi connectivity index (χ0v) is 14.1. The Morgan fingerprint density at radius 2 is 1.71 bits per heavy atom. The maximum atomic E-state index is 5.89. The molecule has 118 valence electrons. The Morgan fingerprint density at radius 1 is 1.10 bits per heavy atom. The molecule has 0 aliphatic rings. The van der Waals surface area contributed by atoms with Crippen LogP contribution in [-0.4, -0.2) is 31.1 Å². The molecule has 1 aromatic rings. The van der Waals surface area contributed by atoms with Crippen LogP contribution < -0.4 is 4.74 Å². The lowest BCUT2D eigenvalue weighted by Crippen LogP contribution is -2.33. The second-order valence-electron chi connectivity index (χ2n) is 6.49. The smallest absolute Gasteiger partial charge is 0.126 e. The molecule has 0 radical (unpaired) electrons. The van der Waals surface area contributed by atoms with E-state index in [1.54, 1.807) is 0 Å². The Kier molecular flexibility index (Phi) is 8.14. The molecular weight excluding hydrogens is 258 g/mol. The summed E-state index contributed by atoms with van der Waals surface area (Å²) >= 11 is 0. The van der Waals surface area contributed by atoms with E-state index in [1.807, 2.05) is 30.3 Å². The molecule has 2 nitrogen and oxygen atoms in total. The molecule has 0 N–H and O–H groups in total. The number of rotatable bonds is 10. The second kappa shape index (κ2) is 9.62. The first-order chi connectivity index (χ1) is 10.0. The van der Waals surface area contributed by atoms with Crippen LogP contribution in [-0.2, 0) is 0 Å². The van der Waals surface area contributed by atoms with Gasteiger partial charge in [-0.05, 0) is 24.3 Å². The van der Waals surface area contributed by atoms with Crippen molar-refractivity contribution in [3.05, 3.63) is 36.4 Å². The van der Waals surface area contributed by atoms with Crippen molar-refractivity contribution in [3.8, 4) is 5.75 Å². The molecule has 21 heavy (non-hydrogen) atoms. The Labute approximate surface area is 130 Å². The maximum absolute atomic E-state index is 5.89. The molecule has 0 saturated carbocycles. The normalized spacial score (nSPS) is 11.4. The van der Waals surface area contributed by atoms with Crippen LogP contribution in [0, 0.1) is 11.8 Å². The summed E-state index contributed by atoms with van der Waals surface area (Å²) in [5.41, 5.74) is 1.07. The highest BCUT2D eigenvalue weighted by Gasteiger charge is 2.09. The van der Waals surface area contributed by atoms with E-state index in [9.17, 15) is 0 Å². The van der Waals surface area contributed by atoms with Crippen LogP contribution in [0.4, 0.5) is 0 Å². The van der Waals surface area contributed by atoms with E-state index in [1.165, 1.54) is 13.1 Å². The fourth-order valence-electron chi connectivity index (χ4n) is 2.54. The van der Waals surface area contributed by atoms with Crippen molar-refractivity contribution in [1.82, 2.24) is 4.90 Å². The molecule has 0 saturated heterocycles. The SMILES string of the molecule is C=Cc1ccccc1OCCCN(CC(C)C)CC(C)C. The summed E-state index contributed by atoms with van der Waals surface area (Å²) in [7, 11) is 0. The van der Waals surface area contributed by atoms with Crippen LogP contribution in [0.15, 0.2) is 30.8 Å². The fraction of sp³-hybridized carbons (Fsp3) is 0.579. The van der Waals surface area contributed by atoms with Crippen LogP contribution in [0.1, 0.15) is 39.7 Å². The van der Waals surface area contributed by atoms with Gasteiger partial charge < -0.3 is 9.64 Å². The molecule has 0 heterocycles. The van der Waals surface area contributed by atoms with Gasteiger partial charge in [0.2, 0.25) is 0 Å². The number of benzene rings is 1. The van der Waals surface area contributed by atoms with E-state index in [0.717, 1.165) is 30.9 Å². The highest BCUT2D eigenvalue weighted by atomic mass is 16.5. The molecule has 0 aliphatic carbocycles. The van der Waals surface area contributed by atoms with Crippen LogP contribution in [0.25, 0.3) is 6.08 Å². The van der Waals surface area contributed by atoms with Gasteiger partial charge in [0.25, 0.3) is 0 Å². The lowest BCUT2D eigenvalue weighted by atomic mass is 10.1. The summed E-state index contributed by atoms with van der Waals surface area (Å²) in [6, 6.07) is 8.06. The van der Waals surface area contributed by atoms with Crippen molar-refractivity contribution in [3.63, 3.8) is 0 Å². The summed E-state index contributed by atoms with van der Waals surface area (Å²) in [6.45, 7) is 17.2.